The van der Waals surface area contributed by atoms with Crippen molar-refractivity contribution < 1.29 is 9.53 Å². The second-order valence-corrected chi connectivity index (χ2v) is 6.59. The van der Waals surface area contributed by atoms with Crippen molar-refractivity contribution >= 4 is 23.2 Å². The number of carbonyl (C=O) groups is 1. The number of benzene rings is 2. The van der Waals surface area contributed by atoms with Gasteiger partial charge in [-0.15, -0.1) is 0 Å². The third-order valence-electron chi connectivity index (χ3n) is 4.41. The molecule has 146 valence electrons. The Hall–Kier alpha value is -3.15. The number of ether oxygens (including phenoxy) is 1. The fourth-order valence-corrected chi connectivity index (χ4v) is 2.84. The van der Waals surface area contributed by atoms with Gasteiger partial charge in [0, 0.05) is 13.0 Å². The summed E-state index contributed by atoms with van der Waals surface area (Å²) in [6, 6.07) is 15.5. The van der Waals surface area contributed by atoms with Gasteiger partial charge in [0.15, 0.2) is 0 Å². The van der Waals surface area contributed by atoms with E-state index in [0.717, 1.165) is 35.4 Å². The van der Waals surface area contributed by atoms with Crippen LogP contribution in [0.3, 0.4) is 0 Å². The van der Waals surface area contributed by atoms with Crippen LogP contribution in [0.15, 0.2) is 60.0 Å². The molecule has 1 heterocycles. The van der Waals surface area contributed by atoms with E-state index in [1.807, 2.05) is 53.1 Å². The fraction of sp³-hybridized carbons (Fsp3) is 0.318. The number of hydrogen-bond donors (Lipinski definition) is 1. The van der Waals surface area contributed by atoms with Gasteiger partial charge in [0.05, 0.1) is 30.2 Å². The smallest absolute Gasteiger partial charge is 0.241 e. The maximum absolute atomic E-state index is 12.0. The van der Waals surface area contributed by atoms with E-state index in [2.05, 4.69) is 22.4 Å². The number of para-hydroxylation sites is 2. The molecule has 1 N–H and O–H groups in total. The fourth-order valence-electron chi connectivity index (χ4n) is 2.84. The van der Waals surface area contributed by atoms with Gasteiger partial charge in [-0.3, -0.25) is 4.79 Å². The quantitative estimate of drug-likeness (QED) is 0.327. The number of imidazole rings is 1. The van der Waals surface area contributed by atoms with Crippen LogP contribution in [-0.4, -0.2) is 28.3 Å². The standard InChI is InChI=1S/C22H26N4O2/c1-2-3-6-15-28-19-11-9-18(10-12-19)16-24-25-22(27)13-14-26-17-23-20-7-4-5-8-21(20)26/h4-5,7-12,16-17H,2-3,6,13-15H2,1H3,(H,25,27)/b24-16-. The lowest BCUT2D eigenvalue weighted by atomic mass is 10.2. The number of carbonyl (C=O) groups excluding carboxylic acids is 1. The zero-order valence-electron chi connectivity index (χ0n) is 16.2. The Morgan fingerprint density at radius 3 is 2.82 bits per heavy atom. The number of nitrogens with one attached hydrogen (secondary N) is 1. The first-order chi connectivity index (χ1) is 13.8. The number of amides is 1. The summed E-state index contributed by atoms with van der Waals surface area (Å²) in [7, 11) is 0. The van der Waals surface area contributed by atoms with Crippen molar-refractivity contribution in [2.45, 2.75) is 39.2 Å². The molecule has 6 nitrogen and oxygen atoms in total. The predicted molar refractivity (Wildman–Crippen MR) is 112 cm³/mol. The number of fused-ring (bicyclic) bond motifs is 1. The molecule has 2 aromatic carbocycles. The molecule has 0 aliphatic heterocycles. The third-order valence-corrected chi connectivity index (χ3v) is 4.41. The summed E-state index contributed by atoms with van der Waals surface area (Å²) >= 11 is 0. The molecule has 0 saturated carbocycles. The van der Waals surface area contributed by atoms with Gasteiger partial charge in [0.2, 0.25) is 5.91 Å². The van der Waals surface area contributed by atoms with Crippen LogP contribution in [0.4, 0.5) is 0 Å². The summed E-state index contributed by atoms with van der Waals surface area (Å²) in [5.41, 5.74) is 5.43. The lowest BCUT2D eigenvalue weighted by molar-refractivity contribution is -0.121. The maximum Gasteiger partial charge on any atom is 0.241 e. The highest BCUT2D eigenvalue weighted by atomic mass is 16.5. The SMILES string of the molecule is CCCCCOc1ccc(/C=N\NC(=O)CCn2cnc3ccccc32)cc1. The first kappa shape index (κ1) is 19.6. The van der Waals surface area contributed by atoms with E-state index in [9.17, 15) is 4.79 Å². The van der Waals surface area contributed by atoms with Gasteiger partial charge in [-0.2, -0.15) is 5.10 Å². The van der Waals surface area contributed by atoms with Gasteiger partial charge < -0.3 is 9.30 Å². The van der Waals surface area contributed by atoms with Crippen LogP contribution in [-0.2, 0) is 11.3 Å². The minimum atomic E-state index is -0.134. The van der Waals surface area contributed by atoms with Gasteiger partial charge in [-0.1, -0.05) is 31.9 Å². The topological polar surface area (TPSA) is 68.5 Å². The van der Waals surface area contributed by atoms with Crippen molar-refractivity contribution in [1.82, 2.24) is 15.0 Å². The summed E-state index contributed by atoms with van der Waals surface area (Å²) in [6.45, 7) is 3.47. The first-order valence-electron chi connectivity index (χ1n) is 9.71. The Morgan fingerprint density at radius 1 is 1.18 bits per heavy atom. The molecule has 0 unspecified atom stereocenters. The molecule has 28 heavy (non-hydrogen) atoms. The average Bonchev–Trinajstić information content (AvgIpc) is 3.14. The van der Waals surface area contributed by atoms with Crippen LogP contribution in [0.25, 0.3) is 11.0 Å². The summed E-state index contributed by atoms with van der Waals surface area (Å²) in [6.07, 6.45) is 7.16. The first-order valence-corrected chi connectivity index (χ1v) is 9.71. The molecule has 3 rings (SSSR count). The lowest BCUT2D eigenvalue weighted by Crippen LogP contribution is -2.19. The Labute approximate surface area is 165 Å². The number of hydrazone groups is 1. The normalized spacial score (nSPS) is 11.2. The van der Waals surface area contributed by atoms with Gasteiger partial charge in [-0.05, 0) is 48.4 Å². The van der Waals surface area contributed by atoms with E-state index in [4.69, 9.17) is 4.74 Å². The lowest BCUT2D eigenvalue weighted by Gasteiger charge is -2.05. The molecule has 6 heteroatoms. The van der Waals surface area contributed by atoms with Crippen molar-refractivity contribution in [3.63, 3.8) is 0 Å². The highest BCUT2D eigenvalue weighted by Gasteiger charge is 2.04. The van der Waals surface area contributed by atoms with Crippen LogP contribution in [0.2, 0.25) is 0 Å². The molecule has 0 aliphatic rings. The monoisotopic (exact) mass is 378 g/mol. The number of unbranched alkanes of at least 4 members (excludes halogenated alkanes) is 2. The number of rotatable bonds is 10. The van der Waals surface area contributed by atoms with Crippen LogP contribution in [0.5, 0.6) is 5.75 Å². The maximum atomic E-state index is 12.0. The van der Waals surface area contributed by atoms with E-state index in [1.54, 1.807) is 12.5 Å². The summed E-state index contributed by atoms with van der Waals surface area (Å²) in [5.74, 6) is 0.717. The van der Waals surface area contributed by atoms with Crippen molar-refractivity contribution in [1.29, 1.82) is 0 Å². The number of hydrogen-bond acceptors (Lipinski definition) is 4. The molecule has 3 aromatic rings. The van der Waals surface area contributed by atoms with Gasteiger partial charge in [0.25, 0.3) is 0 Å². The second kappa shape index (κ2) is 10.3. The van der Waals surface area contributed by atoms with E-state index in [1.165, 1.54) is 12.8 Å². The van der Waals surface area contributed by atoms with E-state index >= 15 is 0 Å². The molecule has 0 spiro atoms. The van der Waals surface area contributed by atoms with Crippen molar-refractivity contribution in [2.24, 2.45) is 5.10 Å². The summed E-state index contributed by atoms with van der Waals surface area (Å²) < 4.78 is 7.65. The molecule has 1 amide bonds. The highest BCUT2D eigenvalue weighted by molar-refractivity contribution is 5.82. The molecule has 0 aliphatic carbocycles. The molecule has 0 fully saturated rings. The molecule has 0 saturated heterocycles. The minimum Gasteiger partial charge on any atom is -0.494 e. The Bertz CT molecular complexity index is 916. The molecule has 1 aromatic heterocycles. The Balaban J connectivity index is 1.42. The van der Waals surface area contributed by atoms with Crippen molar-refractivity contribution in [3.8, 4) is 5.75 Å². The predicted octanol–water partition coefficient (Wildman–Crippen LogP) is 4.15. The molecular weight excluding hydrogens is 352 g/mol. The van der Waals surface area contributed by atoms with E-state index in [-0.39, 0.29) is 5.91 Å². The second-order valence-electron chi connectivity index (χ2n) is 6.59. The molecule has 0 atom stereocenters. The van der Waals surface area contributed by atoms with Crippen LogP contribution >= 0.6 is 0 Å². The van der Waals surface area contributed by atoms with Gasteiger partial charge in [0.1, 0.15) is 5.75 Å². The van der Waals surface area contributed by atoms with E-state index < -0.39 is 0 Å². The summed E-state index contributed by atoms with van der Waals surface area (Å²) in [5, 5.41) is 4.03. The Kier molecular flexibility index (Phi) is 7.18. The summed E-state index contributed by atoms with van der Waals surface area (Å²) in [4.78, 5) is 16.3. The molecule has 0 radical (unpaired) electrons. The number of aromatic nitrogens is 2. The average molecular weight is 378 g/mol. The molecular formula is C22H26N4O2. The van der Waals surface area contributed by atoms with Crippen molar-refractivity contribution in [3.05, 3.63) is 60.4 Å². The van der Waals surface area contributed by atoms with Gasteiger partial charge >= 0.3 is 0 Å². The highest BCUT2D eigenvalue weighted by Crippen LogP contribution is 2.13. The largest absolute Gasteiger partial charge is 0.494 e. The zero-order chi connectivity index (χ0) is 19.6. The molecule has 0 bridgehead atoms. The van der Waals surface area contributed by atoms with Crippen LogP contribution in [0.1, 0.15) is 38.2 Å². The minimum absolute atomic E-state index is 0.134. The van der Waals surface area contributed by atoms with Gasteiger partial charge in [-0.25, -0.2) is 10.4 Å². The third kappa shape index (κ3) is 5.67. The number of nitrogens with zero attached hydrogens (tertiary/aromatic N) is 3. The van der Waals surface area contributed by atoms with Crippen molar-refractivity contribution in [2.75, 3.05) is 6.61 Å². The van der Waals surface area contributed by atoms with E-state index in [0.29, 0.717) is 13.0 Å². The van der Waals surface area contributed by atoms with Crippen LogP contribution < -0.4 is 10.2 Å². The number of aryl methyl sites for hydroxylation is 1. The zero-order valence-corrected chi connectivity index (χ0v) is 16.2. The van der Waals surface area contributed by atoms with Crippen LogP contribution in [0, 0.1) is 0 Å². The Morgan fingerprint density at radius 2 is 2.00 bits per heavy atom.